The zero-order valence-electron chi connectivity index (χ0n) is 39.1. The molecule has 8 rings (SSSR count). The molecule has 61 heavy (non-hydrogen) atoms. The molecule has 0 aliphatic heterocycles. The molecular formula is C59H64N2. The highest BCUT2D eigenvalue weighted by Crippen LogP contribution is 2.56. The topological polar surface area (TPSA) is 6.48 Å². The van der Waals surface area contributed by atoms with Crippen LogP contribution in [0.2, 0.25) is 0 Å². The number of fused-ring (bicyclic) bond motifs is 3. The van der Waals surface area contributed by atoms with Gasteiger partial charge in [-0.1, -0.05) is 143 Å². The molecule has 0 bridgehead atoms. The quantitative estimate of drug-likeness (QED) is 0.158. The highest BCUT2D eigenvalue weighted by atomic mass is 15.2. The Labute approximate surface area is 366 Å². The van der Waals surface area contributed by atoms with E-state index in [0.717, 1.165) is 22.7 Å². The van der Waals surface area contributed by atoms with Crippen LogP contribution >= 0.6 is 0 Å². The molecule has 0 saturated carbocycles. The van der Waals surface area contributed by atoms with Crippen LogP contribution in [-0.4, -0.2) is 0 Å². The summed E-state index contributed by atoms with van der Waals surface area (Å²) in [6.45, 7) is 31.9. The van der Waals surface area contributed by atoms with Gasteiger partial charge in [0.05, 0.1) is 11.4 Å². The lowest BCUT2D eigenvalue weighted by Crippen LogP contribution is -2.24. The first-order valence-corrected chi connectivity index (χ1v) is 22.1. The van der Waals surface area contributed by atoms with E-state index in [4.69, 9.17) is 0 Å². The summed E-state index contributed by atoms with van der Waals surface area (Å²) in [6.07, 6.45) is 0. The maximum atomic E-state index is 2.49. The van der Waals surface area contributed by atoms with Crippen molar-refractivity contribution in [3.8, 4) is 11.1 Å². The predicted octanol–water partition coefficient (Wildman–Crippen LogP) is 16.7. The summed E-state index contributed by atoms with van der Waals surface area (Å²) < 4.78 is 0. The fourth-order valence-corrected chi connectivity index (χ4v) is 9.74. The standard InChI is InChI=1S/C59H64N2/c1-37-18-22-47(23-19-37)60(55-40(4)31-45(32-41(55)5)57(8,9)10)49-26-28-51-52-29-27-50(36-54(52)59(14,53(51)35-49)44-17-15-16-39(3)30-44)61(48-24-20-38(2)21-25-48)56-42(6)33-46(34-43(56)7)58(11,12)13/h15-36H,1-14H3. The summed E-state index contributed by atoms with van der Waals surface area (Å²) in [5, 5.41) is 0. The van der Waals surface area contributed by atoms with Gasteiger partial charge in [-0.15, -0.1) is 0 Å². The van der Waals surface area contributed by atoms with Gasteiger partial charge in [-0.3, -0.25) is 0 Å². The molecule has 1 aliphatic rings. The van der Waals surface area contributed by atoms with Crippen LogP contribution in [0.25, 0.3) is 11.1 Å². The molecule has 0 fully saturated rings. The third-order valence-electron chi connectivity index (χ3n) is 13.2. The van der Waals surface area contributed by atoms with E-state index in [9.17, 15) is 0 Å². The molecule has 7 aromatic carbocycles. The van der Waals surface area contributed by atoms with Crippen LogP contribution in [0, 0.1) is 48.5 Å². The lowest BCUT2D eigenvalue weighted by Gasteiger charge is -2.34. The summed E-state index contributed by atoms with van der Waals surface area (Å²) in [5.41, 5.74) is 24.9. The van der Waals surface area contributed by atoms with Crippen LogP contribution in [0.4, 0.5) is 34.1 Å². The van der Waals surface area contributed by atoms with E-state index in [1.54, 1.807) is 0 Å². The second-order valence-corrected chi connectivity index (χ2v) is 20.2. The first-order valence-electron chi connectivity index (χ1n) is 22.1. The molecule has 0 radical (unpaired) electrons. The Bertz CT molecular complexity index is 2570. The minimum Gasteiger partial charge on any atom is -0.310 e. The monoisotopic (exact) mass is 801 g/mol. The Kier molecular flexibility index (Phi) is 10.5. The average molecular weight is 801 g/mol. The van der Waals surface area contributed by atoms with E-state index < -0.39 is 5.41 Å². The molecule has 0 N–H and O–H groups in total. The van der Waals surface area contributed by atoms with Crippen molar-refractivity contribution < 1.29 is 0 Å². The second-order valence-electron chi connectivity index (χ2n) is 20.2. The first-order chi connectivity index (χ1) is 28.7. The number of hydrogen-bond donors (Lipinski definition) is 0. The average Bonchev–Trinajstić information content (AvgIpc) is 3.45. The molecule has 0 atom stereocenters. The molecule has 2 heteroatoms. The summed E-state index contributed by atoms with van der Waals surface area (Å²) in [4.78, 5) is 4.99. The fourth-order valence-electron chi connectivity index (χ4n) is 9.74. The van der Waals surface area contributed by atoms with Crippen molar-refractivity contribution in [3.63, 3.8) is 0 Å². The Balaban J connectivity index is 1.36. The van der Waals surface area contributed by atoms with Gasteiger partial charge in [0.2, 0.25) is 0 Å². The van der Waals surface area contributed by atoms with Gasteiger partial charge in [-0.25, -0.2) is 0 Å². The maximum Gasteiger partial charge on any atom is 0.0520 e. The number of anilines is 6. The van der Waals surface area contributed by atoms with Crippen LogP contribution in [-0.2, 0) is 16.2 Å². The largest absolute Gasteiger partial charge is 0.310 e. The summed E-state index contributed by atoms with van der Waals surface area (Å²) >= 11 is 0. The van der Waals surface area contributed by atoms with E-state index in [0.29, 0.717) is 0 Å². The zero-order valence-corrected chi connectivity index (χ0v) is 39.1. The Morgan fingerprint density at radius 2 is 0.738 bits per heavy atom. The van der Waals surface area contributed by atoms with E-state index in [-0.39, 0.29) is 10.8 Å². The predicted molar refractivity (Wildman–Crippen MR) is 264 cm³/mol. The van der Waals surface area contributed by atoms with Gasteiger partial charge in [-0.05, 0) is 176 Å². The Morgan fingerprint density at radius 1 is 0.377 bits per heavy atom. The van der Waals surface area contributed by atoms with Crippen molar-refractivity contribution in [1.29, 1.82) is 0 Å². The zero-order chi connectivity index (χ0) is 43.8. The van der Waals surface area contributed by atoms with Gasteiger partial charge in [0, 0.05) is 28.2 Å². The molecule has 0 aromatic heterocycles. The molecule has 0 unspecified atom stereocenters. The molecule has 7 aromatic rings. The lowest BCUT2D eigenvalue weighted by atomic mass is 9.73. The van der Waals surface area contributed by atoms with E-state index in [2.05, 4.69) is 240 Å². The van der Waals surface area contributed by atoms with E-state index >= 15 is 0 Å². The van der Waals surface area contributed by atoms with E-state index in [1.807, 2.05) is 0 Å². The molecule has 0 heterocycles. The van der Waals surface area contributed by atoms with Gasteiger partial charge in [0.1, 0.15) is 0 Å². The fraction of sp³-hybridized carbons (Fsp3) is 0.288. The van der Waals surface area contributed by atoms with Crippen molar-refractivity contribution >= 4 is 34.1 Å². The highest BCUT2D eigenvalue weighted by molar-refractivity contribution is 5.91. The molecular weight excluding hydrogens is 737 g/mol. The summed E-state index contributed by atoms with van der Waals surface area (Å²) in [5.74, 6) is 0. The number of rotatable bonds is 7. The Morgan fingerprint density at radius 3 is 1.08 bits per heavy atom. The van der Waals surface area contributed by atoms with Gasteiger partial charge >= 0.3 is 0 Å². The summed E-state index contributed by atoms with van der Waals surface area (Å²) in [7, 11) is 0. The molecule has 1 aliphatic carbocycles. The van der Waals surface area contributed by atoms with Gasteiger partial charge < -0.3 is 9.80 Å². The Hall–Kier alpha value is -5.86. The van der Waals surface area contributed by atoms with Crippen LogP contribution in [0.15, 0.2) is 133 Å². The van der Waals surface area contributed by atoms with Gasteiger partial charge in [0.15, 0.2) is 0 Å². The maximum absolute atomic E-state index is 2.49. The number of hydrogen-bond acceptors (Lipinski definition) is 2. The molecule has 0 spiro atoms. The van der Waals surface area contributed by atoms with Crippen molar-refractivity contribution in [2.75, 3.05) is 9.80 Å². The van der Waals surface area contributed by atoms with Crippen molar-refractivity contribution in [2.24, 2.45) is 0 Å². The van der Waals surface area contributed by atoms with Crippen LogP contribution in [0.3, 0.4) is 0 Å². The normalized spacial score (nSPS) is 13.2. The van der Waals surface area contributed by atoms with Gasteiger partial charge in [0.25, 0.3) is 0 Å². The minimum atomic E-state index is -0.430. The molecule has 310 valence electrons. The third kappa shape index (κ3) is 7.49. The van der Waals surface area contributed by atoms with Crippen molar-refractivity contribution in [1.82, 2.24) is 0 Å². The first kappa shape index (κ1) is 41.9. The van der Waals surface area contributed by atoms with Crippen molar-refractivity contribution in [2.45, 2.75) is 113 Å². The molecule has 0 amide bonds. The van der Waals surface area contributed by atoms with Gasteiger partial charge in [-0.2, -0.15) is 0 Å². The van der Waals surface area contributed by atoms with Crippen LogP contribution in [0.5, 0.6) is 0 Å². The molecule has 0 saturated heterocycles. The number of aryl methyl sites for hydroxylation is 7. The lowest BCUT2D eigenvalue weighted by molar-refractivity contribution is 0.589. The molecule has 2 nitrogen and oxygen atoms in total. The number of nitrogens with zero attached hydrogens (tertiary/aromatic N) is 2. The smallest absolute Gasteiger partial charge is 0.0520 e. The third-order valence-corrected chi connectivity index (χ3v) is 13.2. The van der Waals surface area contributed by atoms with Crippen LogP contribution in [0.1, 0.15) is 115 Å². The summed E-state index contributed by atoms with van der Waals surface area (Å²) in [6, 6.07) is 51.2. The number of benzene rings is 7. The van der Waals surface area contributed by atoms with E-state index in [1.165, 1.54) is 89.3 Å². The van der Waals surface area contributed by atoms with Crippen LogP contribution < -0.4 is 9.80 Å². The SMILES string of the molecule is Cc1ccc(N(c2ccc3c(c2)C(C)(c2cccc(C)c2)c2cc(N(c4ccc(C)cc4)c4c(C)cc(C(C)(C)C)cc4C)ccc2-3)c2c(C)cc(C(C)(C)C)cc2C)cc1. The van der Waals surface area contributed by atoms with Crippen molar-refractivity contribution in [3.05, 3.63) is 200 Å². The second kappa shape index (κ2) is 15.2. The minimum absolute atomic E-state index is 0.0544. The highest BCUT2D eigenvalue weighted by Gasteiger charge is 2.42.